The molecule has 7 heteroatoms. The number of carbonyl (C=O) groups excluding carboxylic acids is 1. The molecule has 150 valence electrons. The quantitative estimate of drug-likeness (QED) is 0.611. The Hall–Kier alpha value is -3.19. The van der Waals surface area contributed by atoms with Crippen molar-refractivity contribution in [2.24, 2.45) is 0 Å². The highest BCUT2D eigenvalue weighted by Crippen LogP contribution is 2.33. The second-order valence-corrected chi connectivity index (χ2v) is 6.43. The molecule has 0 spiro atoms. The van der Waals surface area contributed by atoms with Crippen LogP contribution in [0, 0.1) is 0 Å². The van der Waals surface area contributed by atoms with Gasteiger partial charge in [0.25, 0.3) is 0 Å². The average molecular weight is 401 g/mol. The maximum Gasteiger partial charge on any atom is 0.416 e. The van der Waals surface area contributed by atoms with E-state index >= 15 is 0 Å². The molecule has 0 amide bonds. The Morgan fingerprint density at radius 1 is 1.00 bits per heavy atom. The van der Waals surface area contributed by atoms with Gasteiger partial charge < -0.3 is 9.84 Å². The molecule has 1 aromatic heterocycles. The zero-order valence-electron chi connectivity index (χ0n) is 15.2. The lowest BCUT2D eigenvalue weighted by molar-refractivity contribution is -0.149. The number of benzene rings is 2. The fourth-order valence-corrected chi connectivity index (χ4v) is 2.93. The van der Waals surface area contributed by atoms with Crippen LogP contribution in [0.4, 0.5) is 13.2 Å². The number of pyridine rings is 1. The standard InChI is InChI=1S/C22H18F3NO3/c23-22(24,25)18-10-4-6-15(12-18)14-29-21(28)19(16-7-2-1-3-8-16)20(27)17-9-5-11-26-13-17/h1-13,19-20,27H,14H2. The van der Waals surface area contributed by atoms with E-state index in [0.717, 1.165) is 12.1 Å². The third-order valence-corrected chi connectivity index (χ3v) is 4.39. The normalized spacial score (nSPS) is 13.5. The van der Waals surface area contributed by atoms with Crippen LogP contribution in [0.5, 0.6) is 0 Å². The Morgan fingerprint density at radius 3 is 2.38 bits per heavy atom. The number of halogens is 3. The van der Waals surface area contributed by atoms with Gasteiger partial charge in [-0.2, -0.15) is 13.2 Å². The van der Waals surface area contributed by atoms with Gasteiger partial charge in [0.2, 0.25) is 0 Å². The van der Waals surface area contributed by atoms with Gasteiger partial charge in [-0.15, -0.1) is 0 Å². The molecule has 0 aliphatic rings. The monoisotopic (exact) mass is 401 g/mol. The molecule has 2 atom stereocenters. The Kier molecular flexibility index (Phi) is 6.29. The Morgan fingerprint density at radius 2 is 1.72 bits per heavy atom. The van der Waals surface area contributed by atoms with Gasteiger partial charge in [0.15, 0.2) is 0 Å². The average Bonchev–Trinajstić information content (AvgIpc) is 2.73. The van der Waals surface area contributed by atoms with Crippen molar-refractivity contribution in [1.82, 2.24) is 4.98 Å². The van der Waals surface area contributed by atoms with Crippen molar-refractivity contribution < 1.29 is 27.8 Å². The molecule has 0 saturated carbocycles. The van der Waals surface area contributed by atoms with E-state index in [-0.39, 0.29) is 12.2 Å². The lowest BCUT2D eigenvalue weighted by atomic mass is 9.90. The van der Waals surface area contributed by atoms with Crippen molar-refractivity contribution in [3.8, 4) is 0 Å². The third-order valence-electron chi connectivity index (χ3n) is 4.39. The largest absolute Gasteiger partial charge is 0.460 e. The van der Waals surface area contributed by atoms with E-state index in [2.05, 4.69) is 4.98 Å². The molecule has 29 heavy (non-hydrogen) atoms. The maximum absolute atomic E-state index is 12.9. The van der Waals surface area contributed by atoms with E-state index < -0.39 is 29.7 Å². The number of aliphatic hydroxyl groups is 1. The van der Waals surface area contributed by atoms with Gasteiger partial charge in [-0.3, -0.25) is 9.78 Å². The van der Waals surface area contributed by atoms with Gasteiger partial charge in [-0.25, -0.2) is 0 Å². The number of hydrogen-bond acceptors (Lipinski definition) is 4. The Balaban J connectivity index is 1.81. The molecule has 0 saturated heterocycles. The van der Waals surface area contributed by atoms with Gasteiger partial charge in [-0.05, 0) is 29.3 Å². The third kappa shape index (κ3) is 5.20. The second kappa shape index (κ2) is 8.87. The summed E-state index contributed by atoms with van der Waals surface area (Å²) in [7, 11) is 0. The zero-order chi connectivity index (χ0) is 20.9. The first-order valence-corrected chi connectivity index (χ1v) is 8.82. The van der Waals surface area contributed by atoms with Crippen molar-refractivity contribution in [2.75, 3.05) is 0 Å². The van der Waals surface area contributed by atoms with Crippen LogP contribution >= 0.6 is 0 Å². The number of carbonyl (C=O) groups is 1. The summed E-state index contributed by atoms with van der Waals surface area (Å²) >= 11 is 0. The summed E-state index contributed by atoms with van der Waals surface area (Å²) in [5.41, 5.74) is 0.340. The fourth-order valence-electron chi connectivity index (χ4n) is 2.93. The minimum absolute atomic E-state index is 0.204. The van der Waals surface area contributed by atoms with E-state index in [1.54, 1.807) is 48.7 Å². The SMILES string of the molecule is O=C(OCc1cccc(C(F)(F)F)c1)C(c1ccccc1)C(O)c1cccnc1. The van der Waals surface area contributed by atoms with E-state index in [9.17, 15) is 23.1 Å². The van der Waals surface area contributed by atoms with Gasteiger partial charge in [0.05, 0.1) is 11.7 Å². The molecule has 3 rings (SSSR count). The lowest BCUT2D eigenvalue weighted by Gasteiger charge is -2.22. The summed E-state index contributed by atoms with van der Waals surface area (Å²) in [5, 5.41) is 10.8. The molecule has 0 bridgehead atoms. The molecule has 1 N–H and O–H groups in total. The van der Waals surface area contributed by atoms with Crippen molar-refractivity contribution >= 4 is 5.97 Å². The molecule has 2 unspecified atom stereocenters. The molecular formula is C22H18F3NO3. The van der Waals surface area contributed by atoms with Gasteiger partial charge in [-0.1, -0.05) is 48.5 Å². The summed E-state index contributed by atoms with van der Waals surface area (Å²) < 4.78 is 43.9. The number of hydrogen-bond donors (Lipinski definition) is 1. The molecule has 0 fully saturated rings. The van der Waals surface area contributed by atoms with Crippen LogP contribution in [0.15, 0.2) is 79.1 Å². The summed E-state index contributed by atoms with van der Waals surface area (Å²) in [6, 6.07) is 16.4. The number of esters is 1. The topological polar surface area (TPSA) is 59.4 Å². The first-order valence-electron chi connectivity index (χ1n) is 8.82. The van der Waals surface area contributed by atoms with Crippen molar-refractivity contribution in [3.05, 3.63) is 101 Å². The minimum Gasteiger partial charge on any atom is -0.460 e. The van der Waals surface area contributed by atoms with E-state index in [4.69, 9.17) is 4.74 Å². The summed E-state index contributed by atoms with van der Waals surface area (Å²) in [6.07, 6.45) is -2.72. The smallest absolute Gasteiger partial charge is 0.416 e. The van der Waals surface area contributed by atoms with Crippen LogP contribution in [0.1, 0.15) is 34.3 Å². The highest BCUT2D eigenvalue weighted by Gasteiger charge is 2.32. The second-order valence-electron chi connectivity index (χ2n) is 6.43. The molecular weight excluding hydrogens is 383 g/mol. The summed E-state index contributed by atoms with van der Waals surface area (Å²) in [4.78, 5) is 16.7. The van der Waals surface area contributed by atoms with Gasteiger partial charge in [0, 0.05) is 18.0 Å². The number of rotatable bonds is 6. The predicted octanol–water partition coefficient (Wildman–Crippen LogP) is 4.66. The number of nitrogens with zero attached hydrogens (tertiary/aromatic N) is 1. The number of aliphatic hydroxyl groups excluding tert-OH is 1. The van der Waals surface area contributed by atoms with E-state index in [1.165, 1.54) is 18.3 Å². The molecule has 0 radical (unpaired) electrons. The van der Waals surface area contributed by atoms with Crippen LogP contribution in [0.3, 0.4) is 0 Å². The Bertz CT molecular complexity index is 946. The van der Waals surface area contributed by atoms with Crippen LogP contribution in [-0.4, -0.2) is 16.1 Å². The maximum atomic E-state index is 12.9. The van der Waals surface area contributed by atoms with Gasteiger partial charge in [0.1, 0.15) is 12.5 Å². The van der Waals surface area contributed by atoms with Crippen LogP contribution < -0.4 is 0 Å². The van der Waals surface area contributed by atoms with Crippen molar-refractivity contribution in [2.45, 2.75) is 24.8 Å². The number of alkyl halides is 3. The summed E-state index contributed by atoms with van der Waals surface area (Å²) in [5.74, 6) is -1.80. The molecule has 2 aromatic carbocycles. The van der Waals surface area contributed by atoms with Crippen LogP contribution in [0.2, 0.25) is 0 Å². The number of ether oxygens (including phenoxy) is 1. The van der Waals surface area contributed by atoms with Crippen molar-refractivity contribution in [3.63, 3.8) is 0 Å². The Labute approximate surface area is 165 Å². The minimum atomic E-state index is -4.48. The van der Waals surface area contributed by atoms with Crippen LogP contribution in [0.25, 0.3) is 0 Å². The lowest BCUT2D eigenvalue weighted by Crippen LogP contribution is -2.23. The fraction of sp³-hybridized carbons (Fsp3) is 0.182. The van der Waals surface area contributed by atoms with Gasteiger partial charge >= 0.3 is 12.1 Å². The first kappa shape index (κ1) is 20.5. The molecule has 4 nitrogen and oxygen atoms in total. The van der Waals surface area contributed by atoms with Crippen molar-refractivity contribution in [1.29, 1.82) is 0 Å². The highest BCUT2D eigenvalue weighted by molar-refractivity contribution is 5.79. The molecule has 1 heterocycles. The highest BCUT2D eigenvalue weighted by atomic mass is 19.4. The zero-order valence-corrected chi connectivity index (χ0v) is 15.2. The molecule has 3 aromatic rings. The van der Waals surface area contributed by atoms with Crippen LogP contribution in [-0.2, 0) is 22.3 Å². The first-order chi connectivity index (χ1) is 13.9. The van der Waals surface area contributed by atoms with E-state index in [1.807, 2.05) is 0 Å². The van der Waals surface area contributed by atoms with E-state index in [0.29, 0.717) is 11.1 Å². The predicted molar refractivity (Wildman–Crippen MR) is 99.6 cm³/mol. The molecule has 0 aliphatic carbocycles. The summed E-state index contributed by atoms with van der Waals surface area (Å²) in [6.45, 7) is -0.341. The number of aromatic nitrogens is 1. The molecule has 0 aliphatic heterocycles.